The summed E-state index contributed by atoms with van der Waals surface area (Å²) < 4.78 is 0. The van der Waals surface area contributed by atoms with Crippen LogP contribution in [0.5, 0.6) is 0 Å². The fraction of sp³-hybridized carbons (Fsp3) is 0.480. The van der Waals surface area contributed by atoms with Crippen LogP contribution in [0.3, 0.4) is 0 Å². The van der Waals surface area contributed by atoms with Crippen molar-refractivity contribution in [3.63, 3.8) is 0 Å². The first kappa shape index (κ1) is 22.1. The van der Waals surface area contributed by atoms with E-state index in [-0.39, 0.29) is 5.91 Å². The number of likely N-dealkylation sites (tertiary alicyclic amines) is 1. The van der Waals surface area contributed by atoms with E-state index in [1.54, 1.807) is 0 Å². The molecule has 1 unspecified atom stereocenters. The number of piperazine rings is 1. The minimum absolute atomic E-state index is 0.189. The molecule has 0 aliphatic carbocycles. The molecule has 2 fully saturated rings. The highest BCUT2D eigenvalue weighted by atomic mass is 16.2. The van der Waals surface area contributed by atoms with Crippen LogP contribution in [0, 0.1) is 0 Å². The molecule has 0 spiro atoms. The van der Waals surface area contributed by atoms with E-state index in [1.807, 2.05) is 29.3 Å². The van der Waals surface area contributed by atoms with Crippen LogP contribution in [-0.2, 0) is 4.79 Å². The number of amides is 1. The van der Waals surface area contributed by atoms with Gasteiger partial charge in [0.1, 0.15) is 5.82 Å². The number of hydrogen-bond donors (Lipinski definition) is 1. The largest absolute Gasteiger partial charge is 0.357 e. The molecule has 1 aromatic heterocycles. The zero-order chi connectivity index (χ0) is 22.2. The number of nitrogens with one attached hydrogen (secondary N) is 1. The molecule has 0 saturated carbocycles. The van der Waals surface area contributed by atoms with E-state index in [2.05, 4.69) is 57.4 Å². The van der Waals surface area contributed by atoms with Gasteiger partial charge in [0, 0.05) is 64.3 Å². The first-order valence-electron chi connectivity index (χ1n) is 11.8. The van der Waals surface area contributed by atoms with Crippen LogP contribution in [0.15, 0.2) is 59.7 Å². The van der Waals surface area contributed by atoms with Crippen molar-refractivity contribution in [2.75, 3.05) is 57.3 Å². The first-order valence-corrected chi connectivity index (χ1v) is 11.8. The molecule has 2 saturated heterocycles. The smallest absolute Gasteiger partial charge is 0.224 e. The minimum atomic E-state index is 0.189. The van der Waals surface area contributed by atoms with Crippen LogP contribution in [0.25, 0.3) is 0 Å². The topological polar surface area (TPSA) is 64.1 Å². The van der Waals surface area contributed by atoms with E-state index >= 15 is 0 Å². The molecule has 1 atom stereocenters. The molecule has 4 rings (SSSR count). The fourth-order valence-electron chi connectivity index (χ4n) is 4.52. The molecule has 1 amide bonds. The maximum atomic E-state index is 12.7. The van der Waals surface area contributed by atoms with Crippen LogP contribution in [0.1, 0.15) is 31.2 Å². The molecule has 3 heterocycles. The zero-order valence-electron chi connectivity index (χ0n) is 19.0. The second kappa shape index (κ2) is 11.0. The molecular formula is C25H34N6O. The molecular weight excluding hydrogens is 400 g/mol. The quantitative estimate of drug-likeness (QED) is 0.559. The Bertz CT molecular complexity index is 880. The van der Waals surface area contributed by atoms with Crippen LogP contribution in [0.2, 0.25) is 0 Å². The molecule has 0 radical (unpaired) electrons. The van der Waals surface area contributed by atoms with E-state index in [9.17, 15) is 4.79 Å². The van der Waals surface area contributed by atoms with Gasteiger partial charge in [-0.25, -0.2) is 4.98 Å². The molecule has 0 bridgehead atoms. The van der Waals surface area contributed by atoms with Gasteiger partial charge in [-0.2, -0.15) is 0 Å². The SMILES string of the molecule is CCNC(=NCCC(=O)N1CCN(c2ccccn2)CC1)N1CCC(c2ccccc2)C1. The lowest BCUT2D eigenvalue weighted by Gasteiger charge is -2.35. The average molecular weight is 435 g/mol. The van der Waals surface area contributed by atoms with E-state index < -0.39 is 0 Å². The summed E-state index contributed by atoms with van der Waals surface area (Å²) in [4.78, 5) is 28.5. The Labute approximate surface area is 191 Å². The molecule has 7 heteroatoms. The number of nitrogens with zero attached hydrogens (tertiary/aromatic N) is 5. The number of anilines is 1. The summed E-state index contributed by atoms with van der Waals surface area (Å²) >= 11 is 0. The van der Waals surface area contributed by atoms with Gasteiger partial charge in [-0.05, 0) is 31.0 Å². The number of rotatable bonds is 6. The molecule has 2 aromatic rings. The Hall–Kier alpha value is -3.09. The van der Waals surface area contributed by atoms with Crippen molar-refractivity contribution in [2.45, 2.75) is 25.7 Å². The highest BCUT2D eigenvalue weighted by Crippen LogP contribution is 2.26. The molecule has 1 aromatic carbocycles. The first-order chi connectivity index (χ1) is 15.7. The number of hydrogen-bond acceptors (Lipinski definition) is 4. The van der Waals surface area contributed by atoms with Crippen molar-refractivity contribution in [3.8, 4) is 0 Å². The van der Waals surface area contributed by atoms with E-state index in [4.69, 9.17) is 4.99 Å². The second-order valence-electron chi connectivity index (χ2n) is 8.38. The summed E-state index contributed by atoms with van der Waals surface area (Å²) in [5.74, 6) is 2.64. The molecule has 170 valence electrons. The molecule has 1 N–H and O–H groups in total. The number of carbonyl (C=O) groups excluding carboxylic acids is 1. The molecule has 2 aliphatic heterocycles. The summed E-state index contributed by atoms with van der Waals surface area (Å²) in [5, 5.41) is 3.41. The van der Waals surface area contributed by atoms with Crippen LogP contribution in [0.4, 0.5) is 5.82 Å². The van der Waals surface area contributed by atoms with E-state index in [1.165, 1.54) is 5.56 Å². The number of guanidine groups is 1. The normalized spacial score (nSPS) is 19.3. The highest BCUT2D eigenvalue weighted by molar-refractivity contribution is 5.81. The number of aromatic nitrogens is 1. The third-order valence-electron chi connectivity index (χ3n) is 6.29. The second-order valence-corrected chi connectivity index (χ2v) is 8.38. The highest BCUT2D eigenvalue weighted by Gasteiger charge is 2.26. The van der Waals surface area contributed by atoms with Gasteiger partial charge in [-0.3, -0.25) is 9.79 Å². The van der Waals surface area contributed by atoms with Crippen molar-refractivity contribution >= 4 is 17.7 Å². The van der Waals surface area contributed by atoms with Crippen molar-refractivity contribution in [2.24, 2.45) is 4.99 Å². The summed E-state index contributed by atoms with van der Waals surface area (Å²) in [5.41, 5.74) is 1.39. The van der Waals surface area contributed by atoms with Crippen molar-refractivity contribution in [1.82, 2.24) is 20.1 Å². The Morgan fingerprint density at radius 2 is 1.81 bits per heavy atom. The number of aliphatic imine (C=N–C) groups is 1. The summed E-state index contributed by atoms with van der Waals surface area (Å²) in [6, 6.07) is 16.7. The van der Waals surface area contributed by atoms with Crippen molar-refractivity contribution in [1.29, 1.82) is 0 Å². The number of benzene rings is 1. The van der Waals surface area contributed by atoms with Crippen molar-refractivity contribution < 1.29 is 4.79 Å². The van der Waals surface area contributed by atoms with Gasteiger partial charge in [0.25, 0.3) is 0 Å². The van der Waals surface area contributed by atoms with Gasteiger partial charge in [0.05, 0.1) is 6.54 Å². The third-order valence-corrected chi connectivity index (χ3v) is 6.29. The predicted octanol–water partition coefficient (Wildman–Crippen LogP) is 2.58. The lowest BCUT2D eigenvalue weighted by atomic mass is 9.99. The molecule has 32 heavy (non-hydrogen) atoms. The Balaban J connectivity index is 1.26. The Kier molecular flexibility index (Phi) is 7.59. The van der Waals surface area contributed by atoms with E-state index in [0.29, 0.717) is 18.9 Å². The predicted molar refractivity (Wildman–Crippen MR) is 129 cm³/mol. The maximum absolute atomic E-state index is 12.7. The van der Waals surface area contributed by atoms with Gasteiger partial charge < -0.3 is 20.0 Å². The van der Waals surface area contributed by atoms with Crippen molar-refractivity contribution in [3.05, 3.63) is 60.3 Å². The van der Waals surface area contributed by atoms with Crippen LogP contribution in [-0.4, -0.2) is 79.0 Å². The Morgan fingerprint density at radius 1 is 1.03 bits per heavy atom. The van der Waals surface area contributed by atoms with Gasteiger partial charge in [0.15, 0.2) is 5.96 Å². The van der Waals surface area contributed by atoms with Gasteiger partial charge in [0.2, 0.25) is 5.91 Å². The average Bonchev–Trinajstić information content (AvgIpc) is 3.35. The number of pyridine rings is 1. The molecule has 2 aliphatic rings. The summed E-state index contributed by atoms with van der Waals surface area (Å²) in [6.07, 6.45) is 3.40. The van der Waals surface area contributed by atoms with Gasteiger partial charge in [-0.1, -0.05) is 36.4 Å². The maximum Gasteiger partial charge on any atom is 0.224 e. The van der Waals surface area contributed by atoms with Crippen LogP contribution < -0.4 is 10.2 Å². The third kappa shape index (κ3) is 5.58. The zero-order valence-corrected chi connectivity index (χ0v) is 19.0. The van der Waals surface area contributed by atoms with Crippen LogP contribution >= 0.6 is 0 Å². The van der Waals surface area contributed by atoms with Gasteiger partial charge >= 0.3 is 0 Å². The Morgan fingerprint density at radius 3 is 2.53 bits per heavy atom. The van der Waals surface area contributed by atoms with Gasteiger partial charge in [-0.15, -0.1) is 0 Å². The summed E-state index contributed by atoms with van der Waals surface area (Å²) in [7, 11) is 0. The molecule has 7 nitrogen and oxygen atoms in total. The minimum Gasteiger partial charge on any atom is -0.357 e. The van der Waals surface area contributed by atoms with E-state index in [0.717, 1.165) is 64.0 Å². The summed E-state index contributed by atoms with van der Waals surface area (Å²) in [6.45, 7) is 8.53. The lowest BCUT2D eigenvalue weighted by Crippen LogP contribution is -2.49. The monoisotopic (exact) mass is 434 g/mol. The number of carbonyl (C=O) groups is 1. The fourth-order valence-corrected chi connectivity index (χ4v) is 4.52. The lowest BCUT2D eigenvalue weighted by molar-refractivity contribution is -0.131. The standard InChI is InChI=1S/C25H34N6O/c1-2-26-25(31-15-12-22(20-31)21-8-4-3-5-9-21)28-14-11-24(32)30-18-16-29(17-19-30)23-10-6-7-13-27-23/h3-10,13,22H,2,11-12,14-20H2,1H3,(H,26,28).